The highest BCUT2D eigenvalue weighted by molar-refractivity contribution is 7.18. The molecule has 0 aliphatic carbocycles. The minimum Gasteiger partial charge on any atom is -0.392 e. The number of hydrogen-bond donors (Lipinski definition) is 1. The normalized spacial score (nSPS) is 23.6. The van der Waals surface area contributed by atoms with E-state index in [1.807, 2.05) is 11.8 Å². The second kappa shape index (κ2) is 5.48. The molecule has 2 atom stereocenters. The molecule has 17 heavy (non-hydrogen) atoms. The lowest BCUT2D eigenvalue weighted by molar-refractivity contribution is 0.0456. The summed E-state index contributed by atoms with van der Waals surface area (Å²) in [5, 5.41) is 9.61. The van der Waals surface area contributed by atoms with Crippen LogP contribution >= 0.6 is 22.9 Å². The van der Waals surface area contributed by atoms with Crippen LogP contribution in [0.3, 0.4) is 0 Å². The van der Waals surface area contributed by atoms with E-state index in [9.17, 15) is 9.90 Å². The fourth-order valence-corrected chi connectivity index (χ4v) is 3.22. The van der Waals surface area contributed by atoms with Gasteiger partial charge in [-0.1, -0.05) is 11.6 Å². The lowest BCUT2D eigenvalue weighted by Gasteiger charge is -2.33. The van der Waals surface area contributed by atoms with Crippen LogP contribution in [0.25, 0.3) is 0 Å². The topological polar surface area (TPSA) is 40.5 Å². The third-order valence-corrected chi connectivity index (χ3v) is 4.42. The predicted octanol–water partition coefficient (Wildman–Crippen LogP) is 2.43. The van der Waals surface area contributed by atoms with Gasteiger partial charge in [0.2, 0.25) is 0 Å². The molecule has 2 unspecified atom stereocenters. The van der Waals surface area contributed by atoms with Gasteiger partial charge in [-0.25, -0.2) is 0 Å². The summed E-state index contributed by atoms with van der Waals surface area (Å²) in [4.78, 5) is 14.9. The minimum atomic E-state index is -0.300. The molecule has 1 aliphatic rings. The number of β-amino-alcohol motifs (C(OH)–C–C–N with tert-alkyl or cyclic N) is 1. The molecule has 2 heterocycles. The Morgan fingerprint density at radius 1 is 1.65 bits per heavy atom. The second-order valence-corrected chi connectivity index (χ2v) is 6.15. The molecule has 1 N–H and O–H groups in total. The molecule has 0 radical (unpaired) electrons. The van der Waals surface area contributed by atoms with Crippen molar-refractivity contribution in [3.63, 3.8) is 0 Å². The van der Waals surface area contributed by atoms with Crippen LogP contribution in [0.1, 0.15) is 29.4 Å². The highest BCUT2D eigenvalue weighted by Crippen LogP contribution is 2.24. The zero-order valence-electron chi connectivity index (χ0n) is 9.73. The second-order valence-electron chi connectivity index (χ2n) is 4.43. The first kappa shape index (κ1) is 13.0. The first-order chi connectivity index (χ1) is 8.08. The molecular weight excluding hydrogens is 258 g/mol. The van der Waals surface area contributed by atoms with Crippen molar-refractivity contribution in [3.05, 3.63) is 21.3 Å². The van der Waals surface area contributed by atoms with Crippen molar-refractivity contribution < 1.29 is 9.90 Å². The molecule has 1 aromatic heterocycles. The molecule has 0 saturated carbocycles. The molecular formula is C12H16ClNO2S. The predicted molar refractivity (Wildman–Crippen MR) is 69.9 cm³/mol. The van der Waals surface area contributed by atoms with Gasteiger partial charge < -0.3 is 5.11 Å². The monoisotopic (exact) mass is 273 g/mol. The van der Waals surface area contributed by atoms with Crippen molar-refractivity contribution in [1.82, 2.24) is 4.90 Å². The molecule has 0 spiro atoms. The molecule has 1 fully saturated rings. The fraction of sp³-hybridized carbons (Fsp3) is 0.583. The van der Waals surface area contributed by atoms with E-state index in [-0.39, 0.29) is 17.9 Å². The van der Waals surface area contributed by atoms with Crippen LogP contribution in [-0.4, -0.2) is 41.0 Å². The summed E-state index contributed by atoms with van der Waals surface area (Å²) in [6.07, 6.45) is 1.48. The number of rotatable bonds is 3. The van der Waals surface area contributed by atoms with Gasteiger partial charge in [-0.05, 0) is 38.4 Å². The van der Waals surface area contributed by atoms with E-state index in [2.05, 4.69) is 0 Å². The standard InChI is InChI=1S/C12H16ClNO2S/c1-8(14-6-2-3-9(15)7-14)12(16)10-4-5-11(13)17-10/h4-5,8-9,15H,2-3,6-7H2,1H3. The smallest absolute Gasteiger partial charge is 0.189 e. The zero-order valence-corrected chi connectivity index (χ0v) is 11.3. The lowest BCUT2D eigenvalue weighted by atomic mass is 10.0. The van der Waals surface area contributed by atoms with Crippen LogP contribution in [0.5, 0.6) is 0 Å². The Bertz CT molecular complexity index is 407. The highest BCUT2D eigenvalue weighted by atomic mass is 35.5. The van der Waals surface area contributed by atoms with E-state index < -0.39 is 0 Å². The Morgan fingerprint density at radius 3 is 3.00 bits per heavy atom. The molecule has 1 aromatic rings. The molecule has 0 aromatic carbocycles. The summed E-state index contributed by atoms with van der Waals surface area (Å²) < 4.78 is 0.638. The SMILES string of the molecule is CC(C(=O)c1ccc(Cl)s1)N1CCCC(O)C1. The van der Waals surface area contributed by atoms with E-state index in [1.54, 1.807) is 12.1 Å². The van der Waals surface area contributed by atoms with E-state index in [1.165, 1.54) is 11.3 Å². The van der Waals surface area contributed by atoms with Crippen molar-refractivity contribution in [3.8, 4) is 0 Å². The number of Topliss-reactive ketones (excluding diaryl/α,β-unsaturated/α-hetero) is 1. The van der Waals surface area contributed by atoms with Gasteiger partial charge in [-0.3, -0.25) is 9.69 Å². The summed E-state index contributed by atoms with van der Waals surface area (Å²) in [6.45, 7) is 3.36. The first-order valence-electron chi connectivity index (χ1n) is 5.79. The zero-order chi connectivity index (χ0) is 12.4. The van der Waals surface area contributed by atoms with Gasteiger partial charge in [0, 0.05) is 6.54 Å². The number of likely N-dealkylation sites (tertiary alicyclic amines) is 1. The third-order valence-electron chi connectivity index (χ3n) is 3.17. The van der Waals surface area contributed by atoms with Crippen molar-refractivity contribution in [2.75, 3.05) is 13.1 Å². The number of piperidine rings is 1. The number of ketones is 1. The van der Waals surface area contributed by atoms with Crippen LogP contribution in [0.2, 0.25) is 4.34 Å². The van der Waals surface area contributed by atoms with Crippen molar-refractivity contribution in [1.29, 1.82) is 0 Å². The Morgan fingerprint density at radius 2 is 2.41 bits per heavy atom. The van der Waals surface area contributed by atoms with Crippen LogP contribution in [-0.2, 0) is 0 Å². The molecule has 0 bridgehead atoms. The highest BCUT2D eigenvalue weighted by Gasteiger charge is 2.27. The van der Waals surface area contributed by atoms with E-state index in [0.29, 0.717) is 15.8 Å². The van der Waals surface area contributed by atoms with Crippen LogP contribution < -0.4 is 0 Å². The third kappa shape index (κ3) is 3.07. The number of halogens is 1. The molecule has 3 nitrogen and oxygen atoms in total. The quantitative estimate of drug-likeness (QED) is 0.860. The Kier molecular flexibility index (Phi) is 4.20. The molecule has 1 saturated heterocycles. The van der Waals surface area contributed by atoms with Crippen LogP contribution in [0.4, 0.5) is 0 Å². The van der Waals surface area contributed by atoms with E-state index >= 15 is 0 Å². The van der Waals surface area contributed by atoms with Gasteiger partial charge in [0.1, 0.15) is 0 Å². The lowest BCUT2D eigenvalue weighted by Crippen LogP contribution is -2.46. The molecule has 5 heteroatoms. The van der Waals surface area contributed by atoms with Gasteiger partial charge in [0.15, 0.2) is 5.78 Å². The number of thiophene rings is 1. The van der Waals surface area contributed by atoms with Crippen molar-refractivity contribution in [2.24, 2.45) is 0 Å². The Labute approximate surface area is 110 Å². The van der Waals surface area contributed by atoms with Gasteiger partial charge in [0.25, 0.3) is 0 Å². The van der Waals surface area contributed by atoms with E-state index in [4.69, 9.17) is 11.6 Å². The number of aliphatic hydroxyl groups excluding tert-OH is 1. The number of hydrogen-bond acceptors (Lipinski definition) is 4. The fourth-order valence-electron chi connectivity index (χ4n) is 2.15. The van der Waals surface area contributed by atoms with Gasteiger partial charge >= 0.3 is 0 Å². The summed E-state index contributed by atoms with van der Waals surface area (Å²) in [5.41, 5.74) is 0. The summed E-state index contributed by atoms with van der Waals surface area (Å²) in [5.74, 6) is 0.0935. The molecule has 94 valence electrons. The van der Waals surface area contributed by atoms with Gasteiger partial charge in [0.05, 0.1) is 21.4 Å². The van der Waals surface area contributed by atoms with Gasteiger partial charge in [-0.15, -0.1) is 11.3 Å². The summed E-state index contributed by atoms with van der Waals surface area (Å²) in [6, 6.07) is 3.34. The van der Waals surface area contributed by atoms with Crippen LogP contribution in [0.15, 0.2) is 12.1 Å². The van der Waals surface area contributed by atoms with Gasteiger partial charge in [-0.2, -0.15) is 0 Å². The maximum atomic E-state index is 12.2. The Balaban J connectivity index is 2.04. The largest absolute Gasteiger partial charge is 0.392 e. The average molecular weight is 274 g/mol. The number of carbonyl (C=O) groups excluding carboxylic acids is 1. The maximum Gasteiger partial charge on any atom is 0.189 e. The molecule has 1 aliphatic heterocycles. The Hall–Kier alpha value is -0.420. The first-order valence-corrected chi connectivity index (χ1v) is 6.99. The summed E-state index contributed by atoms with van der Waals surface area (Å²) >= 11 is 7.15. The molecule has 0 amide bonds. The van der Waals surface area contributed by atoms with E-state index in [0.717, 1.165) is 19.4 Å². The number of nitrogens with zero attached hydrogens (tertiary/aromatic N) is 1. The minimum absolute atomic E-state index is 0.0935. The number of aliphatic hydroxyl groups is 1. The summed E-state index contributed by atoms with van der Waals surface area (Å²) in [7, 11) is 0. The number of carbonyl (C=O) groups is 1. The maximum absolute atomic E-state index is 12.2. The van der Waals surface area contributed by atoms with Crippen molar-refractivity contribution >= 4 is 28.7 Å². The van der Waals surface area contributed by atoms with Crippen molar-refractivity contribution in [2.45, 2.75) is 31.9 Å². The van der Waals surface area contributed by atoms with Crippen LogP contribution in [0, 0.1) is 0 Å². The average Bonchev–Trinajstić information content (AvgIpc) is 2.74. The molecule has 2 rings (SSSR count).